The van der Waals surface area contributed by atoms with Gasteiger partial charge in [-0.15, -0.1) is 6.58 Å². The Morgan fingerprint density at radius 3 is 2.86 bits per heavy atom. The molecule has 1 aromatic heterocycles. The van der Waals surface area contributed by atoms with E-state index in [1.165, 1.54) is 12.1 Å². The SMILES string of the molecule is C=CCSc1nc2cc(S(N)(=O)=O)ccc2n1CCCC. The van der Waals surface area contributed by atoms with E-state index in [9.17, 15) is 8.42 Å². The molecule has 2 N–H and O–H groups in total. The molecular weight excluding hydrogens is 306 g/mol. The summed E-state index contributed by atoms with van der Waals surface area (Å²) in [5.41, 5.74) is 1.59. The van der Waals surface area contributed by atoms with E-state index in [4.69, 9.17) is 5.14 Å². The van der Waals surface area contributed by atoms with Crippen LogP contribution in [0.3, 0.4) is 0 Å². The van der Waals surface area contributed by atoms with Gasteiger partial charge in [0.2, 0.25) is 10.0 Å². The van der Waals surface area contributed by atoms with Gasteiger partial charge in [-0.2, -0.15) is 0 Å². The van der Waals surface area contributed by atoms with Crippen molar-refractivity contribution < 1.29 is 8.42 Å². The monoisotopic (exact) mass is 325 g/mol. The third kappa shape index (κ3) is 3.66. The molecule has 0 aliphatic heterocycles. The lowest BCUT2D eigenvalue weighted by Gasteiger charge is -2.07. The van der Waals surface area contributed by atoms with Crippen LogP contribution >= 0.6 is 11.8 Å². The van der Waals surface area contributed by atoms with E-state index in [0.717, 1.165) is 35.8 Å². The zero-order chi connectivity index (χ0) is 15.5. The van der Waals surface area contributed by atoms with Gasteiger partial charge in [0.25, 0.3) is 0 Å². The summed E-state index contributed by atoms with van der Waals surface area (Å²) in [6.45, 7) is 6.71. The summed E-state index contributed by atoms with van der Waals surface area (Å²) >= 11 is 1.59. The third-order valence-corrected chi connectivity index (χ3v) is 4.96. The fraction of sp³-hybridized carbons (Fsp3) is 0.357. The number of unbranched alkanes of at least 4 members (excludes halogenated alkanes) is 1. The largest absolute Gasteiger partial charge is 0.319 e. The molecule has 2 aromatic rings. The van der Waals surface area contributed by atoms with Crippen LogP contribution in [-0.2, 0) is 16.6 Å². The number of sulfonamides is 1. The van der Waals surface area contributed by atoms with Gasteiger partial charge in [0.15, 0.2) is 5.16 Å². The molecule has 7 heteroatoms. The first-order chi connectivity index (χ1) is 9.97. The number of aromatic nitrogens is 2. The Hall–Kier alpha value is -1.31. The van der Waals surface area contributed by atoms with Crippen molar-refractivity contribution in [2.24, 2.45) is 5.14 Å². The molecule has 0 spiro atoms. The molecule has 114 valence electrons. The van der Waals surface area contributed by atoms with Gasteiger partial charge >= 0.3 is 0 Å². The third-order valence-electron chi connectivity index (χ3n) is 3.08. The average Bonchev–Trinajstić information content (AvgIpc) is 2.78. The molecule has 0 bridgehead atoms. The molecule has 1 heterocycles. The average molecular weight is 325 g/mol. The lowest BCUT2D eigenvalue weighted by atomic mass is 10.3. The fourth-order valence-electron chi connectivity index (χ4n) is 2.04. The molecule has 0 radical (unpaired) electrons. The summed E-state index contributed by atoms with van der Waals surface area (Å²) in [5, 5.41) is 6.05. The maximum Gasteiger partial charge on any atom is 0.238 e. The number of aryl methyl sites for hydroxylation is 1. The molecule has 1 aromatic carbocycles. The van der Waals surface area contributed by atoms with E-state index in [-0.39, 0.29) is 4.90 Å². The van der Waals surface area contributed by atoms with Gasteiger partial charge in [-0.3, -0.25) is 0 Å². The molecule has 0 unspecified atom stereocenters. The Bertz CT molecular complexity index is 751. The van der Waals surface area contributed by atoms with Crippen LogP contribution in [0.2, 0.25) is 0 Å². The van der Waals surface area contributed by atoms with Crippen molar-refractivity contribution in [1.82, 2.24) is 9.55 Å². The number of thioether (sulfide) groups is 1. The number of benzene rings is 1. The zero-order valence-electron chi connectivity index (χ0n) is 11.9. The van der Waals surface area contributed by atoms with Crippen molar-refractivity contribution in [3.8, 4) is 0 Å². The molecule has 21 heavy (non-hydrogen) atoms. The summed E-state index contributed by atoms with van der Waals surface area (Å²) in [4.78, 5) is 4.63. The first kappa shape index (κ1) is 16.1. The molecular formula is C14H19N3O2S2. The van der Waals surface area contributed by atoms with E-state index in [1.54, 1.807) is 17.8 Å². The second kappa shape index (κ2) is 6.64. The molecule has 0 atom stereocenters. The maximum atomic E-state index is 11.4. The van der Waals surface area contributed by atoms with Crippen LogP contribution < -0.4 is 5.14 Å². The Labute approximate surface area is 129 Å². The standard InChI is InChI=1S/C14H19N3O2S2/c1-3-5-8-17-13-7-6-11(21(15,18)19)10-12(13)16-14(17)20-9-4-2/h4,6-7,10H,2-3,5,8-9H2,1H3,(H2,15,18,19). The number of nitrogens with two attached hydrogens (primary N) is 1. The highest BCUT2D eigenvalue weighted by molar-refractivity contribution is 7.99. The molecule has 5 nitrogen and oxygen atoms in total. The minimum Gasteiger partial charge on any atom is -0.319 e. The molecule has 0 aliphatic carbocycles. The predicted molar refractivity (Wildman–Crippen MR) is 86.9 cm³/mol. The second-order valence-corrected chi connectivity index (χ2v) is 7.24. The Morgan fingerprint density at radius 1 is 1.48 bits per heavy atom. The number of hydrogen-bond acceptors (Lipinski definition) is 4. The minimum absolute atomic E-state index is 0.0930. The summed E-state index contributed by atoms with van der Waals surface area (Å²) in [7, 11) is -3.70. The minimum atomic E-state index is -3.70. The highest BCUT2D eigenvalue weighted by Gasteiger charge is 2.14. The van der Waals surface area contributed by atoms with Crippen molar-refractivity contribution in [2.45, 2.75) is 36.4 Å². The smallest absolute Gasteiger partial charge is 0.238 e. The number of primary sulfonamides is 1. The number of hydrogen-bond donors (Lipinski definition) is 1. The highest BCUT2D eigenvalue weighted by Crippen LogP contribution is 2.26. The van der Waals surface area contributed by atoms with Gasteiger partial charge in [0, 0.05) is 12.3 Å². The second-order valence-electron chi connectivity index (χ2n) is 4.69. The Balaban J connectivity index is 2.52. The van der Waals surface area contributed by atoms with E-state index in [1.807, 2.05) is 6.08 Å². The summed E-state index contributed by atoms with van der Waals surface area (Å²) in [6, 6.07) is 4.84. The lowest BCUT2D eigenvalue weighted by Crippen LogP contribution is -2.11. The highest BCUT2D eigenvalue weighted by atomic mass is 32.2. The quantitative estimate of drug-likeness (QED) is 0.627. The zero-order valence-corrected chi connectivity index (χ0v) is 13.6. The van der Waals surface area contributed by atoms with Gasteiger partial charge in [-0.25, -0.2) is 18.5 Å². The van der Waals surface area contributed by atoms with Crippen LogP contribution in [0.15, 0.2) is 40.9 Å². The van der Waals surface area contributed by atoms with Gasteiger partial charge in [0.05, 0.1) is 15.9 Å². The number of imidazole rings is 1. The van der Waals surface area contributed by atoms with Crippen molar-refractivity contribution in [1.29, 1.82) is 0 Å². The van der Waals surface area contributed by atoms with Crippen molar-refractivity contribution in [3.05, 3.63) is 30.9 Å². The molecule has 0 saturated heterocycles. The van der Waals surface area contributed by atoms with Crippen LogP contribution in [0.4, 0.5) is 0 Å². The number of nitrogens with zero attached hydrogens (tertiary/aromatic N) is 2. The van der Waals surface area contributed by atoms with Crippen LogP contribution in [0, 0.1) is 0 Å². The van der Waals surface area contributed by atoms with Gasteiger partial charge < -0.3 is 4.57 Å². The van der Waals surface area contributed by atoms with E-state index in [2.05, 4.69) is 23.1 Å². The maximum absolute atomic E-state index is 11.4. The fourth-order valence-corrected chi connectivity index (χ4v) is 3.35. The molecule has 0 amide bonds. The normalized spacial score (nSPS) is 11.9. The lowest BCUT2D eigenvalue weighted by molar-refractivity contribution is 0.598. The number of fused-ring (bicyclic) bond motifs is 1. The number of rotatable bonds is 7. The van der Waals surface area contributed by atoms with Crippen molar-refractivity contribution in [3.63, 3.8) is 0 Å². The van der Waals surface area contributed by atoms with E-state index < -0.39 is 10.0 Å². The van der Waals surface area contributed by atoms with E-state index >= 15 is 0 Å². The predicted octanol–water partition coefficient (Wildman–Crippen LogP) is 2.76. The Kier molecular flexibility index (Phi) is 5.08. The van der Waals surface area contributed by atoms with Crippen LogP contribution in [-0.4, -0.2) is 23.7 Å². The van der Waals surface area contributed by atoms with Gasteiger partial charge in [-0.05, 0) is 24.6 Å². The topological polar surface area (TPSA) is 78.0 Å². The van der Waals surface area contributed by atoms with Crippen LogP contribution in [0.1, 0.15) is 19.8 Å². The summed E-state index contributed by atoms with van der Waals surface area (Å²) in [6.07, 6.45) is 3.95. The first-order valence-corrected chi connectivity index (χ1v) is 9.27. The van der Waals surface area contributed by atoms with Crippen molar-refractivity contribution in [2.75, 3.05) is 5.75 Å². The van der Waals surface area contributed by atoms with Crippen molar-refractivity contribution >= 4 is 32.8 Å². The first-order valence-electron chi connectivity index (χ1n) is 6.74. The van der Waals surface area contributed by atoms with Gasteiger partial charge in [-0.1, -0.05) is 31.2 Å². The summed E-state index contributed by atoms with van der Waals surface area (Å²) in [5.74, 6) is 0.761. The van der Waals surface area contributed by atoms with E-state index in [0.29, 0.717) is 5.52 Å². The molecule has 2 rings (SSSR count). The molecule has 0 fully saturated rings. The van der Waals surface area contributed by atoms with Gasteiger partial charge in [0.1, 0.15) is 0 Å². The Morgan fingerprint density at radius 2 is 2.24 bits per heavy atom. The van der Waals surface area contributed by atoms with Crippen LogP contribution in [0.5, 0.6) is 0 Å². The molecule has 0 aliphatic rings. The van der Waals surface area contributed by atoms with Crippen LogP contribution in [0.25, 0.3) is 11.0 Å². The molecule has 0 saturated carbocycles. The summed E-state index contributed by atoms with van der Waals surface area (Å²) < 4.78 is 25.0.